The molecule has 0 aliphatic heterocycles. The lowest BCUT2D eigenvalue weighted by molar-refractivity contribution is 0.340. The summed E-state index contributed by atoms with van der Waals surface area (Å²) >= 11 is 1.66. The van der Waals surface area contributed by atoms with Crippen LogP contribution in [0.5, 0.6) is 5.75 Å². The summed E-state index contributed by atoms with van der Waals surface area (Å²) in [5.74, 6) is 0.921. The van der Waals surface area contributed by atoms with Crippen LogP contribution in [0.4, 0.5) is 5.69 Å². The Labute approximate surface area is 105 Å². The highest BCUT2D eigenvalue weighted by molar-refractivity contribution is 7.09. The summed E-state index contributed by atoms with van der Waals surface area (Å²) in [4.78, 5) is 4.24. The summed E-state index contributed by atoms with van der Waals surface area (Å²) in [7, 11) is 0. The van der Waals surface area contributed by atoms with E-state index in [4.69, 9.17) is 4.74 Å². The number of aromatic nitrogens is 1. The SMILES string of the molecule is CCOc1ccc(NCc2nccs2)c(C)c1. The summed E-state index contributed by atoms with van der Waals surface area (Å²) in [6.45, 7) is 5.54. The van der Waals surface area contributed by atoms with Crippen LogP contribution in [0.3, 0.4) is 0 Å². The Hall–Kier alpha value is -1.55. The molecule has 0 aliphatic rings. The number of anilines is 1. The Bertz CT molecular complexity index is 468. The molecule has 0 amide bonds. The van der Waals surface area contributed by atoms with Gasteiger partial charge in [-0.05, 0) is 37.6 Å². The van der Waals surface area contributed by atoms with Gasteiger partial charge in [0.15, 0.2) is 0 Å². The van der Waals surface area contributed by atoms with Gasteiger partial charge in [-0.15, -0.1) is 11.3 Å². The molecule has 0 saturated carbocycles. The highest BCUT2D eigenvalue weighted by Crippen LogP contribution is 2.22. The third kappa shape index (κ3) is 3.20. The molecule has 90 valence electrons. The van der Waals surface area contributed by atoms with Crippen LogP contribution >= 0.6 is 11.3 Å². The van der Waals surface area contributed by atoms with Crippen molar-refractivity contribution in [3.8, 4) is 5.75 Å². The molecule has 1 heterocycles. The number of rotatable bonds is 5. The second-order valence-corrected chi connectivity index (χ2v) is 4.67. The van der Waals surface area contributed by atoms with E-state index in [2.05, 4.69) is 17.2 Å². The van der Waals surface area contributed by atoms with Gasteiger partial charge in [-0.1, -0.05) is 0 Å². The number of nitrogens with one attached hydrogen (secondary N) is 1. The van der Waals surface area contributed by atoms with Crippen molar-refractivity contribution in [2.24, 2.45) is 0 Å². The quantitative estimate of drug-likeness (QED) is 0.879. The number of aryl methyl sites for hydroxylation is 1. The summed E-state index contributed by atoms with van der Waals surface area (Å²) in [6.07, 6.45) is 1.83. The third-order valence-corrected chi connectivity index (χ3v) is 3.20. The van der Waals surface area contributed by atoms with Crippen LogP contribution in [0.2, 0.25) is 0 Å². The third-order valence-electron chi connectivity index (χ3n) is 2.42. The molecular formula is C13H16N2OS. The minimum absolute atomic E-state index is 0.700. The number of ether oxygens (including phenoxy) is 1. The predicted octanol–water partition coefficient (Wildman–Crippen LogP) is 3.46. The van der Waals surface area contributed by atoms with E-state index in [1.807, 2.05) is 36.7 Å². The maximum atomic E-state index is 5.45. The highest BCUT2D eigenvalue weighted by atomic mass is 32.1. The number of thiazole rings is 1. The van der Waals surface area contributed by atoms with Gasteiger partial charge in [0.25, 0.3) is 0 Å². The molecule has 0 fully saturated rings. The van der Waals surface area contributed by atoms with E-state index in [9.17, 15) is 0 Å². The van der Waals surface area contributed by atoms with Gasteiger partial charge in [0.05, 0.1) is 13.2 Å². The molecule has 0 spiro atoms. The molecule has 1 aromatic heterocycles. The van der Waals surface area contributed by atoms with Crippen LogP contribution in [0.25, 0.3) is 0 Å². The first-order chi connectivity index (χ1) is 8.29. The molecule has 17 heavy (non-hydrogen) atoms. The Morgan fingerprint density at radius 1 is 1.41 bits per heavy atom. The molecule has 0 bridgehead atoms. The van der Waals surface area contributed by atoms with E-state index in [0.717, 1.165) is 23.0 Å². The van der Waals surface area contributed by atoms with Crippen molar-refractivity contribution < 1.29 is 4.74 Å². The first-order valence-corrected chi connectivity index (χ1v) is 6.53. The maximum Gasteiger partial charge on any atom is 0.119 e. The van der Waals surface area contributed by atoms with Crippen LogP contribution in [-0.2, 0) is 6.54 Å². The van der Waals surface area contributed by atoms with Crippen LogP contribution in [0.1, 0.15) is 17.5 Å². The fourth-order valence-corrected chi connectivity index (χ4v) is 2.16. The topological polar surface area (TPSA) is 34.1 Å². The zero-order valence-electron chi connectivity index (χ0n) is 10.1. The van der Waals surface area contributed by atoms with Crippen molar-refractivity contribution >= 4 is 17.0 Å². The van der Waals surface area contributed by atoms with Gasteiger partial charge >= 0.3 is 0 Å². The molecule has 0 saturated heterocycles. The lowest BCUT2D eigenvalue weighted by atomic mass is 10.2. The summed E-state index contributed by atoms with van der Waals surface area (Å²) in [5.41, 5.74) is 2.32. The van der Waals surface area contributed by atoms with Gasteiger partial charge in [-0.3, -0.25) is 0 Å². The molecule has 0 aliphatic carbocycles. The fraction of sp³-hybridized carbons (Fsp3) is 0.308. The fourth-order valence-electron chi connectivity index (χ4n) is 1.60. The average molecular weight is 248 g/mol. The number of hydrogen-bond acceptors (Lipinski definition) is 4. The molecule has 0 radical (unpaired) electrons. The van der Waals surface area contributed by atoms with E-state index in [0.29, 0.717) is 6.61 Å². The monoisotopic (exact) mass is 248 g/mol. The van der Waals surface area contributed by atoms with Gasteiger partial charge in [0.2, 0.25) is 0 Å². The molecule has 1 N–H and O–H groups in total. The van der Waals surface area contributed by atoms with Gasteiger partial charge in [0, 0.05) is 17.3 Å². The second kappa shape index (κ2) is 5.68. The number of nitrogens with zero attached hydrogens (tertiary/aromatic N) is 1. The normalized spacial score (nSPS) is 10.2. The van der Waals surface area contributed by atoms with E-state index in [1.54, 1.807) is 11.3 Å². The Morgan fingerprint density at radius 2 is 2.29 bits per heavy atom. The second-order valence-electron chi connectivity index (χ2n) is 3.69. The molecule has 1 aromatic carbocycles. The molecular weight excluding hydrogens is 232 g/mol. The first kappa shape index (κ1) is 11.9. The van der Waals surface area contributed by atoms with Gasteiger partial charge in [-0.2, -0.15) is 0 Å². The Balaban J connectivity index is 2.01. The van der Waals surface area contributed by atoms with Crippen LogP contribution in [-0.4, -0.2) is 11.6 Å². The van der Waals surface area contributed by atoms with Gasteiger partial charge in [-0.25, -0.2) is 4.98 Å². The van der Waals surface area contributed by atoms with Crippen molar-refractivity contribution in [2.45, 2.75) is 20.4 Å². The smallest absolute Gasteiger partial charge is 0.119 e. The van der Waals surface area contributed by atoms with Crippen LogP contribution in [0, 0.1) is 6.92 Å². The largest absolute Gasteiger partial charge is 0.494 e. The zero-order chi connectivity index (χ0) is 12.1. The zero-order valence-corrected chi connectivity index (χ0v) is 10.9. The van der Waals surface area contributed by atoms with Gasteiger partial charge in [0.1, 0.15) is 10.8 Å². The van der Waals surface area contributed by atoms with Gasteiger partial charge < -0.3 is 10.1 Å². The number of benzene rings is 1. The van der Waals surface area contributed by atoms with E-state index in [1.165, 1.54) is 5.56 Å². The molecule has 0 unspecified atom stereocenters. The molecule has 4 heteroatoms. The van der Waals surface area contributed by atoms with Crippen molar-refractivity contribution in [1.29, 1.82) is 0 Å². The summed E-state index contributed by atoms with van der Waals surface area (Å²) < 4.78 is 5.45. The molecule has 2 rings (SSSR count). The standard InChI is InChI=1S/C13H16N2OS/c1-3-16-11-4-5-12(10(2)8-11)15-9-13-14-6-7-17-13/h4-8,15H,3,9H2,1-2H3. The average Bonchev–Trinajstić information content (AvgIpc) is 2.81. The lowest BCUT2D eigenvalue weighted by Gasteiger charge is -2.10. The van der Waals surface area contributed by atoms with E-state index >= 15 is 0 Å². The Morgan fingerprint density at radius 3 is 2.94 bits per heavy atom. The summed E-state index contributed by atoms with van der Waals surface area (Å²) in [5, 5.41) is 6.46. The van der Waals surface area contributed by atoms with Crippen molar-refractivity contribution in [2.75, 3.05) is 11.9 Å². The van der Waals surface area contributed by atoms with Crippen LogP contribution < -0.4 is 10.1 Å². The molecule has 0 atom stereocenters. The van der Waals surface area contributed by atoms with Crippen molar-refractivity contribution in [3.63, 3.8) is 0 Å². The Kier molecular flexibility index (Phi) is 3.98. The minimum atomic E-state index is 0.700. The van der Waals surface area contributed by atoms with Crippen LogP contribution in [0.15, 0.2) is 29.8 Å². The number of hydrogen-bond donors (Lipinski definition) is 1. The lowest BCUT2D eigenvalue weighted by Crippen LogP contribution is -2.01. The molecule has 3 nitrogen and oxygen atoms in total. The summed E-state index contributed by atoms with van der Waals surface area (Å²) in [6, 6.07) is 6.09. The first-order valence-electron chi connectivity index (χ1n) is 5.65. The van der Waals surface area contributed by atoms with Crippen molar-refractivity contribution in [1.82, 2.24) is 4.98 Å². The minimum Gasteiger partial charge on any atom is -0.494 e. The highest BCUT2D eigenvalue weighted by Gasteiger charge is 2.01. The van der Waals surface area contributed by atoms with E-state index in [-0.39, 0.29) is 0 Å². The predicted molar refractivity (Wildman–Crippen MR) is 71.8 cm³/mol. The van der Waals surface area contributed by atoms with Crippen molar-refractivity contribution in [3.05, 3.63) is 40.3 Å². The van der Waals surface area contributed by atoms with E-state index < -0.39 is 0 Å². The maximum absolute atomic E-state index is 5.45. The molecule has 2 aromatic rings.